The van der Waals surface area contributed by atoms with Gasteiger partial charge in [0.25, 0.3) is 5.91 Å². The predicted octanol–water partition coefficient (Wildman–Crippen LogP) is 2.31. The third-order valence-electron chi connectivity index (χ3n) is 5.79. The summed E-state index contributed by atoms with van der Waals surface area (Å²) in [5.41, 5.74) is 0.667. The fraction of sp³-hybridized carbons (Fsp3) is 0.600. The topological polar surface area (TPSA) is 67.2 Å². The minimum absolute atomic E-state index is 0.0771. The van der Waals surface area contributed by atoms with Crippen LogP contribution in [0.15, 0.2) is 24.5 Å². The molecule has 0 aromatic carbocycles. The van der Waals surface area contributed by atoms with E-state index in [2.05, 4.69) is 31.6 Å². The van der Waals surface area contributed by atoms with E-state index in [1.54, 1.807) is 12.4 Å². The number of rotatable bonds is 5. The minimum atomic E-state index is 0.0771. The monoisotopic (exact) mass is 368 g/mol. The van der Waals surface area contributed by atoms with Crippen molar-refractivity contribution in [2.24, 2.45) is 0 Å². The van der Waals surface area contributed by atoms with E-state index in [0.717, 1.165) is 50.7 Å². The largest absolute Gasteiger partial charge is 0.339 e. The van der Waals surface area contributed by atoms with E-state index in [1.165, 1.54) is 25.9 Å². The molecule has 2 aromatic rings. The molecule has 0 atom stereocenters. The molecular weight excluding hydrogens is 340 g/mol. The number of hydrogen-bond donors (Lipinski definition) is 0. The third-order valence-corrected chi connectivity index (χ3v) is 5.79. The summed E-state index contributed by atoms with van der Waals surface area (Å²) >= 11 is 0. The van der Waals surface area contributed by atoms with Crippen molar-refractivity contribution in [2.75, 3.05) is 26.2 Å². The van der Waals surface area contributed by atoms with Crippen LogP contribution in [0, 0.1) is 0 Å². The van der Waals surface area contributed by atoms with E-state index in [-0.39, 0.29) is 5.91 Å². The molecule has 7 nitrogen and oxygen atoms in total. The number of carbonyl (C=O) groups excluding carboxylic acids is 1. The van der Waals surface area contributed by atoms with Gasteiger partial charge in [-0.3, -0.25) is 14.7 Å². The molecule has 2 aromatic heterocycles. The van der Waals surface area contributed by atoms with Crippen LogP contribution < -0.4 is 0 Å². The zero-order chi connectivity index (χ0) is 18.6. The highest BCUT2D eigenvalue weighted by atomic mass is 16.2. The van der Waals surface area contributed by atoms with Crippen LogP contribution in [-0.4, -0.2) is 61.6 Å². The Morgan fingerprint density at radius 2 is 1.93 bits per heavy atom. The maximum Gasteiger partial charge on any atom is 0.255 e. The van der Waals surface area contributed by atoms with Gasteiger partial charge >= 0.3 is 0 Å². The van der Waals surface area contributed by atoms with E-state index < -0.39 is 0 Å². The number of aromatic nitrogens is 4. The molecule has 2 saturated heterocycles. The first-order chi connectivity index (χ1) is 13.3. The van der Waals surface area contributed by atoms with Crippen LogP contribution >= 0.6 is 0 Å². The van der Waals surface area contributed by atoms with Gasteiger partial charge in [-0.15, -0.1) is 10.2 Å². The maximum absolute atomic E-state index is 12.6. The highest BCUT2D eigenvalue weighted by Crippen LogP contribution is 2.28. The van der Waals surface area contributed by atoms with Gasteiger partial charge in [0.15, 0.2) is 0 Å². The highest BCUT2D eigenvalue weighted by molar-refractivity contribution is 5.93. The minimum Gasteiger partial charge on any atom is -0.339 e. The molecule has 1 amide bonds. The normalized spacial score (nSPS) is 18.9. The second kappa shape index (κ2) is 8.17. The highest BCUT2D eigenvalue weighted by Gasteiger charge is 2.28. The summed E-state index contributed by atoms with van der Waals surface area (Å²) in [7, 11) is 0. The predicted molar refractivity (Wildman–Crippen MR) is 102 cm³/mol. The molecule has 0 radical (unpaired) electrons. The number of pyridine rings is 1. The van der Waals surface area contributed by atoms with Gasteiger partial charge in [-0.2, -0.15) is 0 Å². The van der Waals surface area contributed by atoms with Gasteiger partial charge in [-0.1, -0.05) is 0 Å². The van der Waals surface area contributed by atoms with Crippen molar-refractivity contribution in [3.63, 3.8) is 0 Å². The van der Waals surface area contributed by atoms with Gasteiger partial charge < -0.3 is 9.47 Å². The van der Waals surface area contributed by atoms with Gasteiger partial charge in [0.1, 0.15) is 11.6 Å². The molecule has 144 valence electrons. The summed E-state index contributed by atoms with van der Waals surface area (Å²) in [6.07, 6.45) is 7.79. The van der Waals surface area contributed by atoms with Gasteiger partial charge in [-0.25, -0.2) is 0 Å². The van der Waals surface area contributed by atoms with Crippen LogP contribution in [0.4, 0.5) is 0 Å². The van der Waals surface area contributed by atoms with Crippen molar-refractivity contribution in [1.29, 1.82) is 0 Å². The average molecular weight is 368 g/mol. The number of nitrogens with zero attached hydrogens (tertiary/aromatic N) is 6. The Hall–Kier alpha value is -2.28. The lowest BCUT2D eigenvalue weighted by Crippen LogP contribution is -2.38. The van der Waals surface area contributed by atoms with E-state index in [0.29, 0.717) is 11.5 Å². The lowest BCUT2D eigenvalue weighted by atomic mass is 9.95. The van der Waals surface area contributed by atoms with Crippen molar-refractivity contribution < 1.29 is 4.79 Å². The lowest BCUT2D eigenvalue weighted by molar-refractivity contribution is 0.0709. The summed E-state index contributed by atoms with van der Waals surface area (Å²) in [6, 6.07) is 3.64. The Labute approximate surface area is 160 Å². The van der Waals surface area contributed by atoms with Crippen molar-refractivity contribution >= 4 is 5.91 Å². The van der Waals surface area contributed by atoms with E-state index in [1.807, 2.05) is 17.0 Å². The van der Waals surface area contributed by atoms with Crippen LogP contribution in [0.25, 0.3) is 0 Å². The van der Waals surface area contributed by atoms with Gasteiger partial charge in [0.2, 0.25) is 0 Å². The SMILES string of the molecule is CCn1c(CN2CCCC2)nnc1C1CCN(C(=O)c2cccnc2)CC1. The molecular formula is C20H28N6O. The Balaban J connectivity index is 1.40. The van der Waals surface area contributed by atoms with Gasteiger partial charge in [0, 0.05) is 37.9 Å². The second-order valence-electron chi connectivity index (χ2n) is 7.51. The number of amides is 1. The van der Waals surface area contributed by atoms with E-state index in [4.69, 9.17) is 0 Å². The smallest absolute Gasteiger partial charge is 0.255 e. The van der Waals surface area contributed by atoms with Crippen molar-refractivity contribution in [3.8, 4) is 0 Å². The molecule has 2 fully saturated rings. The molecule has 0 aliphatic carbocycles. The van der Waals surface area contributed by atoms with Crippen LogP contribution in [0.2, 0.25) is 0 Å². The Bertz CT molecular complexity index is 760. The molecule has 4 rings (SSSR count). The molecule has 27 heavy (non-hydrogen) atoms. The summed E-state index contributed by atoms with van der Waals surface area (Å²) in [5.74, 6) is 2.64. The molecule has 4 heterocycles. The average Bonchev–Trinajstić information content (AvgIpc) is 3.38. The summed E-state index contributed by atoms with van der Waals surface area (Å²) in [4.78, 5) is 21.1. The number of carbonyl (C=O) groups is 1. The van der Waals surface area contributed by atoms with Crippen LogP contribution in [-0.2, 0) is 13.1 Å². The molecule has 0 bridgehead atoms. The number of likely N-dealkylation sites (tertiary alicyclic amines) is 2. The Morgan fingerprint density at radius 3 is 2.59 bits per heavy atom. The van der Waals surface area contributed by atoms with Crippen LogP contribution in [0.5, 0.6) is 0 Å². The molecule has 0 spiro atoms. The molecule has 7 heteroatoms. The quantitative estimate of drug-likeness (QED) is 0.810. The third kappa shape index (κ3) is 3.88. The first kappa shape index (κ1) is 18.1. The first-order valence-corrected chi connectivity index (χ1v) is 10.1. The molecule has 0 unspecified atom stereocenters. The number of hydrogen-bond acceptors (Lipinski definition) is 5. The zero-order valence-corrected chi connectivity index (χ0v) is 16.0. The van der Waals surface area contributed by atoms with Crippen LogP contribution in [0.3, 0.4) is 0 Å². The fourth-order valence-electron chi connectivity index (χ4n) is 4.27. The standard InChI is InChI=1S/C20H28N6O/c1-2-26-18(15-24-10-3-4-11-24)22-23-19(26)16-7-12-25(13-8-16)20(27)17-6-5-9-21-14-17/h5-6,9,14,16H,2-4,7-8,10-13,15H2,1H3. The van der Waals surface area contributed by atoms with Gasteiger partial charge in [-0.05, 0) is 57.8 Å². The Morgan fingerprint density at radius 1 is 1.15 bits per heavy atom. The first-order valence-electron chi connectivity index (χ1n) is 10.1. The van der Waals surface area contributed by atoms with Crippen LogP contribution in [0.1, 0.15) is 60.5 Å². The Kier molecular flexibility index (Phi) is 5.48. The lowest BCUT2D eigenvalue weighted by Gasteiger charge is -2.31. The van der Waals surface area contributed by atoms with Crippen molar-refractivity contribution in [2.45, 2.75) is 51.6 Å². The molecule has 0 saturated carbocycles. The second-order valence-corrected chi connectivity index (χ2v) is 7.51. The van der Waals surface area contributed by atoms with E-state index >= 15 is 0 Å². The van der Waals surface area contributed by atoms with Crippen molar-refractivity contribution in [1.82, 2.24) is 29.5 Å². The van der Waals surface area contributed by atoms with E-state index in [9.17, 15) is 4.79 Å². The molecule has 2 aliphatic rings. The zero-order valence-electron chi connectivity index (χ0n) is 16.0. The summed E-state index contributed by atoms with van der Waals surface area (Å²) in [5, 5.41) is 9.06. The molecule has 2 aliphatic heterocycles. The summed E-state index contributed by atoms with van der Waals surface area (Å²) in [6.45, 7) is 7.83. The summed E-state index contributed by atoms with van der Waals surface area (Å²) < 4.78 is 2.29. The van der Waals surface area contributed by atoms with Crippen molar-refractivity contribution in [3.05, 3.63) is 41.7 Å². The van der Waals surface area contributed by atoms with Gasteiger partial charge in [0.05, 0.1) is 12.1 Å². The number of piperidine rings is 1. The maximum atomic E-state index is 12.6. The fourth-order valence-corrected chi connectivity index (χ4v) is 4.27. The molecule has 0 N–H and O–H groups in total.